The average molecular weight is 490 g/mol. The SMILES string of the molecule is O=C(NCCN1CCCC1)c1ccc(CSc2nc3cccnc3n2Cc2ccc(F)cc2)cc1. The van der Waals surface area contributed by atoms with Gasteiger partial charge in [0, 0.05) is 30.6 Å². The second kappa shape index (κ2) is 11.0. The minimum Gasteiger partial charge on any atom is -0.351 e. The molecule has 5 rings (SSSR count). The van der Waals surface area contributed by atoms with E-state index in [1.54, 1.807) is 30.1 Å². The Morgan fingerprint density at radius 3 is 2.51 bits per heavy atom. The van der Waals surface area contributed by atoms with E-state index in [4.69, 9.17) is 4.98 Å². The first-order chi connectivity index (χ1) is 17.2. The molecule has 2 aromatic carbocycles. The number of halogens is 1. The van der Waals surface area contributed by atoms with Gasteiger partial charge in [-0.1, -0.05) is 36.0 Å². The van der Waals surface area contributed by atoms with Crippen molar-refractivity contribution in [2.24, 2.45) is 0 Å². The van der Waals surface area contributed by atoms with Crippen molar-refractivity contribution in [3.05, 3.63) is 89.4 Å². The summed E-state index contributed by atoms with van der Waals surface area (Å²) in [6.45, 7) is 4.42. The lowest BCUT2D eigenvalue weighted by molar-refractivity contribution is 0.0949. The fraction of sp³-hybridized carbons (Fsp3) is 0.296. The molecule has 0 spiro atoms. The van der Waals surface area contributed by atoms with Crippen LogP contribution in [0, 0.1) is 5.82 Å². The molecule has 1 saturated heterocycles. The van der Waals surface area contributed by atoms with E-state index < -0.39 is 0 Å². The minimum atomic E-state index is -0.249. The van der Waals surface area contributed by atoms with Crippen LogP contribution in [0.1, 0.15) is 34.3 Å². The Labute approximate surface area is 208 Å². The standard InChI is InChI=1S/C27H28FN5OS/c28-23-11-7-20(8-12-23)18-33-25-24(4-3-13-29-25)31-27(33)35-19-21-5-9-22(10-6-21)26(34)30-14-17-32-15-1-2-16-32/h3-13H,1-2,14-19H2,(H,30,34). The Morgan fingerprint density at radius 2 is 1.74 bits per heavy atom. The number of hydrogen-bond acceptors (Lipinski definition) is 5. The molecule has 35 heavy (non-hydrogen) atoms. The summed E-state index contributed by atoms with van der Waals surface area (Å²) in [5.74, 6) is 0.431. The molecule has 3 heterocycles. The number of thioether (sulfide) groups is 1. The van der Waals surface area contributed by atoms with Crippen molar-refractivity contribution in [3.8, 4) is 0 Å². The molecular formula is C27H28FN5OS. The van der Waals surface area contributed by atoms with Crippen molar-refractivity contribution in [1.29, 1.82) is 0 Å². The Balaban J connectivity index is 1.22. The van der Waals surface area contributed by atoms with Gasteiger partial charge in [-0.3, -0.25) is 9.36 Å². The van der Waals surface area contributed by atoms with Crippen LogP contribution in [-0.2, 0) is 12.3 Å². The molecule has 2 aromatic heterocycles. The van der Waals surface area contributed by atoms with Gasteiger partial charge in [0.25, 0.3) is 5.91 Å². The Morgan fingerprint density at radius 1 is 1.00 bits per heavy atom. The summed E-state index contributed by atoms with van der Waals surface area (Å²) in [4.78, 5) is 24.1. The minimum absolute atomic E-state index is 0.0319. The van der Waals surface area contributed by atoms with Crippen molar-refractivity contribution < 1.29 is 9.18 Å². The number of fused-ring (bicyclic) bond motifs is 1. The van der Waals surface area contributed by atoms with Crippen molar-refractivity contribution in [1.82, 2.24) is 24.8 Å². The van der Waals surface area contributed by atoms with Gasteiger partial charge in [0.15, 0.2) is 10.8 Å². The molecular weight excluding hydrogens is 461 g/mol. The molecule has 0 aliphatic carbocycles. The summed E-state index contributed by atoms with van der Waals surface area (Å²) in [6.07, 6.45) is 4.27. The van der Waals surface area contributed by atoms with Crippen LogP contribution in [0.4, 0.5) is 4.39 Å². The number of imidazole rings is 1. The number of likely N-dealkylation sites (tertiary alicyclic amines) is 1. The number of amides is 1. The third-order valence-corrected chi connectivity index (χ3v) is 7.27. The fourth-order valence-electron chi connectivity index (χ4n) is 4.30. The van der Waals surface area contributed by atoms with Crippen LogP contribution in [0.2, 0.25) is 0 Å². The third kappa shape index (κ3) is 5.89. The topological polar surface area (TPSA) is 63.1 Å². The first-order valence-corrected chi connectivity index (χ1v) is 12.9. The predicted octanol–water partition coefficient (Wildman–Crippen LogP) is 4.74. The molecule has 0 radical (unpaired) electrons. The molecule has 1 fully saturated rings. The Bertz CT molecular complexity index is 1280. The number of pyridine rings is 1. The summed E-state index contributed by atoms with van der Waals surface area (Å²) in [6, 6.07) is 18.1. The van der Waals surface area contributed by atoms with E-state index in [9.17, 15) is 9.18 Å². The zero-order valence-corrected chi connectivity index (χ0v) is 20.3. The highest BCUT2D eigenvalue weighted by atomic mass is 32.2. The first-order valence-electron chi connectivity index (χ1n) is 11.9. The molecule has 8 heteroatoms. The van der Waals surface area contributed by atoms with E-state index in [1.807, 2.05) is 36.4 Å². The maximum atomic E-state index is 13.3. The van der Waals surface area contributed by atoms with Gasteiger partial charge in [0.2, 0.25) is 0 Å². The quantitative estimate of drug-likeness (QED) is 0.344. The molecule has 0 unspecified atom stereocenters. The van der Waals surface area contributed by atoms with Gasteiger partial charge < -0.3 is 10.2 Å². The highest BCUT2D eigenvalue weighted by molar-refractivity contribution is 7.98. The molecule has 180 valence electrons. The Hall–Kier alpha value is -3.23. The zero-order chi connectivity index (χ0) is 24.0. The number of carbonyl (C=O) groups is 1. The highest BCUT2D eigenvalue weighted by Gasteiger charge is 2.14. The summed E-state index contributed by atoms with van der Waals surface area (Å²) in [5, 5.41) is 3.88. The van der Waals surface area contributed by atoms with E-state index in [1.165, 1.54) is 25.0 Å². The third-order valence-electron chi connectivity index (χ3n) is 6.22. The van der Waals surface area contributed by atoms with Gasteiger partial charge >= 0.3 is 0 Å². The lowest BCUT2D eigenvalue weighted by Crippen LogP contribution is -2.33. The maximum Gasteiger partial charge on any atom is 0.251 e. The molecule has 0 saturated carbocycles. The van der Waals surface area contributed by atoms with E-state index >= 15 is 0 Å². The number of rotatable bonds is 9. The van der Waals surface area contributed by atoms with Crippen LogP contribution in [0.15, 0.2) is 72.0 Å². The van der Waals surface area contributed by atoms with Crippen LogP contribution in [0.25, 0.3) is 11.2 Å². The number of hydrogen-bond donors (Lipinski definition) is 1. The highest BCUT2D eigenvalue weighted by Crippen LogP contribution is 2.27. The molecule has 1 N–H and O–H groups in total. The van der Waals surface area contributed by atoms with Crippen LogP contribution in [0.3, 0.4) is 0 Å². The molecule has 1 aliphatic heterocycles. The van der Waals surface area contributed by atoms with Gasteiger partial charge in [-0.05, 0) is 73.5 Å². The van der Waals surface area contributed by atoms with Crippen LogP contribution in [-0.4, -0.2) is 51.5 Å². The Kier molecular flexibility index (Phi) is 7.39. The number of nitrogens with zero attached hydrogens (tertiary/aromatic N) is 4. The molecule has 6 nitrogen and oxygen atoms in total. The number of benzene rings is 2. The van der Waals surface area contributed by atoms with Crippen LogP contribution >= 0.6 is 11.8 Å². The van der Waals surface area contributed by atoms with Crippen molar-refractivity contribution in [2.75, 3.05) is 26.2 Å². The summed E-state index contributed by atoms with van der Waals surface area (Å²) >= 11 is 1.62. The van der Waals surface area contributed by atoms with Crippen molar-refractivity contribution in [2.45, 2.75) is 30.3 Å². The van der Waals surface area contributed by atoms with Gasteiger partial charge in [-0.25, -0.2) is 14.4 Å². The lowest BCUT2D eigenvalue weighted by Gasteiger charge is -2.14. The molecule has 0 atom stereocenters. The van der Waals surface area contributed by atoms with E-state index in [2.05, 4.69) is 19.8 Å². The average Bonchev–Trinajstić information content (AvgIpc) is 3.52. The molecule has 1 amide bonds. The maximum absolute atomic E-state index is 13.3. The predicted molar refractivity (Wildman–Crippen MR) is 137 cm³/mol. The smallest absolute Gasteiger partial charge is 0.251 e. The van der Waals surface area contributed by atoms with E-state index in [-0.39, 0.29) is 11.7 Å². The van der Waals surface area contributed by atoms with Crippen LogP contribution in [0.5, 0.6) is 0 Å². The normalized spacial score (nSPS) is 14.0. The van der Waals surface area contributed by atoms with Crippen molar-refractivity contribution >= 4 is 28.8 Å². The molecule has 4 aromatic rings. The largest absolute Gasteiger partial charge is 0.351 e. The number of carbonyl (C=O) groups excluding carboxylic acids is 1. The van der Waals surface area contributed by atoms with Gasteiger partial charge in [0.1, 0.15) is 11.3 Å². The summed E-state index contributed by atoms with van der Waals surface area (Å²) in [5.41, 5.74) is 4.40. The van der Waals surface area contributed by atoms with Crippen LogP contribution < -0.4 is 5.32 Å². The number of aromatic nitrogens is 3. The molecule has 1 aliphatic rings. The van der Waals surface area contributed by atoms with Gasteiger partial charge in [0.05, 0.1) is 6.54 Å². The monoisotopic (exact) mass is 489 g/mol. The first kappa shape index (κ1) is 23.5. The van der Waals surface area contributed by atoms with Gasteiger partial charge in [-0.2, -0.15) is 0 Å². The van der Waals surface area contributed by atoms with E-state index in [0.29, 0.717) is 24.4 Å². The number of nitrogens with one attached hydrogen (secondary N) is 1. The van der Waals surface area contributed by atoms with Crippen molar-refractivity contribution in [3.63, 3.8) is 0 Å². The fourth-order valence-corrected chi connectivity index (χ4v) is 5.26. The second-order valence-corrected chi connectivity index (χ2v) is 9.69. The zero-order valence-electron chi connectivity index (χ0n) is 19.5. The summed E-state index contributed by atoms with van der Waals surface area (Å²) < 4.78 is 15.4. The lowest BCUT2D eigenvalue weighted by atomic mass is 10.1. The molecule has 0 bridgehead atoms. The summed E-state index contributed by atoms with van der Waals surface area (Å²) in [7, 11) is 0. The van der Waals surface area contributed by atoms with Gasteiger partial charge in [-0.15, -0.1) is 0 Å². The second-order valence-electron chi connectivity index (χ2n) is 8.74. The van der Waals surface area contributed by atoms with E-state index in [0.717, 1.165) is 47.1 Å².